The summed E-state index contributed by atoms with van der Waals surface area (Å²) in [6, 6.07) is 13.4. The lowest BCUT2D eigenvalue weighted by molar-refractivity contribution is -0.121. The van der Waals surface area contributed by atoms with Crippen LogP contribution in [0.5, 0.6) is 0 Å². The van der Waals surface area contributed by atoms with Crippen LogP contribution >= 0.6 is 12.2 Å². The molecule has 144 valence electrons. The van der Waals surface area contributed by atoms with E-state index < -0.39 is 0 Å². The summed E-state index contributed by atoms with van der Waals surface area (Å²) in [5.41, 5.74) is 7.62. The third-order valence-corrected chi connectivity index (χ3v) is 3.95. The standard InChI is InChI=1S/C19H18FN5O2S/c1-12-2-4-13(5-3-12)18-24-23-17(27-18)11-10-16(26)22-25-19(28)21-15-8-6-14(20)7-9-15/h2-9H,10-11H2,1H3,(H,22,26)(H2,21,25,28). The third-order valence-electron chi connectivity index (χ3n) is 3.75. The molecule has 0 fully saturated rings. The lowest BCUT2D eigenvalue weighted by Crippen LogP contribution is -2.43. The molecular formula is C19H18FN5O2S. The van der Waals surface area contributed by atoms with Gasteiger partial charge in [-0.3, -0.25) is 15.6 Å². The summed E-state index contributed by atoms with van der Waals surface area (Å²) in [5.74, 6) is 0.151. The molecule has 0 saturated heterocycles. The van der Waals surface area contributed by atoms with Crippen LogP contribution in [-0.2, 0) is 11.2 Å². The maximum Gasteiger partial charge on any atom is 0.247 e. The second kappa shape index (κ2) is 9.05. The van der Waals surface area contributed by atoms with E-state index in [-0.39, 0.29) is 23.3 Å². The Morgan fingerprint density at radius 2 is 1.79 bits per heavy atom. The van der Waals surface area contributed by atoms with E-state index in [1.807, 2.05) is 31.2 Å². The van der Waals surface area contributed by atoms with Crippen molar-refractivity contribution in [3.8, 4) is 11.5 Å². The van der Waals surface area contributed by atoms with Gasteiger partial charge < -0.3 is 9.73 Å². The van der Waals surface area contributed by atoms with Crippen LogP contribution in [0.15, 0.2) is 52.9 Å². The van der Waals surface area contributed by atoms with Crippen LogP contribution < -0.4 is 16.2 Å². The zero-order chi connectivity index (χ0) is 19.9. The number of aromatic nitrogens is 2. The van der Waals surface area contributed by atoms with E-state index in [1.54, 1.807) is 0 Å². The molecule has 1 amide bonds. The highest BCUT2D eigenvalue weighted by atomic mass is 32.1. The molecule has 0 unspecified atom stereocenters. The minimum atomic E-state index is -0.343. The first-order valence-electron chi connectivity index (χ1n) is 8.50. The van der Waals surface area contributed by atoms with Gasteiger partial charge in [-0.15, -0.1) is 10.2 Å². The number of rotatable bonds is 5. The maximum absolute atomic E-state index is 12.9. The van der Waals surface area contributed by atoms with Crippen LogP contribution in [0.4, 0.5) is 10.1 Å². The van der Waals surface area contributed by atoms with Gasteiger partial charge in [0.2, 0.25) is 17.7 Å². The molecule has 28 heavy (non-hydrogen) atoms. The fourth-order valence-corrected chi connectivity index (χ4v) is 2.44. The van der Waals surface area contributed by atoms with Crippen LogP contribution in [0.2, 0.25) is 0 Å². The largest absolute Gasteiger partial charge is 0.421 e. The fraction of sp³-hybridized carbons (Fsp3) is 0.158. The highest BCUT2D eigenvalue weighted by molar-refractivity contribution is 7.80. The number of carbonyl (C=O) groups is 1. The molecule has 3 rings (SSSR count). The molecule has 7 nitrogen and oxygen atoms in total. The number of carbonyl (C=O) groups excluding carboxylic acids is 1. The van der Waals surface area contributed by atoms with E-state index >= 15 is 0 Å². The average molecular weight is 399 g/mol. The van der Waals surface area contributed by atoms with Gasteiger partial charge in [0.05, 0.1) is 0 Å². The second-order valence-electron chi connectivity index (χ2n) is 6.00. The van der Waals surface area contributed by atoms with Gasteiger partial charge in [-0.2, -0.15) is 0 Å². The third kappa shape index (κ3) is 5.58. The topological polar surface area (TPSA) is 92.1 Å². The van der Waals surface area contributed by atoms with Gasteiger partial charge in [-0.1, -0.05) is 17.7 Å². The van der Waals surface area contributed by atoms with Crippen LogP contribution in [-0.4, -0.2) is 21.2 Å². The maximum atomic E-state index is 12.9. The normalized spacial score (nSPS) is 10.4. The van der Waals surface area contributed by atoms with Crippen LogP contribution in [0.1, 0.15) is 17.9 Å². The molecule has 2 aromatic carbocycles. The van der Waals surface area contributed by atoms with Crippen molar-refractivity contribution in [2.45, 2.75) is 19.8 Å². The van der Waals surface area contributed by atoms with Gasteiger partial charge in [-0.05, 0) is 55.5 Å². The predicted molar refractivity (Wildman–Crippen MR) is 107 cm³/mol. The summed E-state index contributed by atoms with van der Waals surface area (Å²) in [5, 5.41) is 11.0. The molecule has 3 N–H and O–H groups in total. The molecule has 0 bridgehead atoms. The van der Waals surface area contributed by atoms with Gasteiger partial charge in [0.1, 0.15) is 5.82 Å². The van der Waals surface area contributed by atoms with Gasteiger partial charge in [0.25, 0.3) is 0 Å². The average Bonchev–Trinajstić information content (AvgIpc) is 3.16. The molecule has 0 atom stereocenters. The van der Waals surface area contributed by atoms with Crippen molar-refractivity contribution in [3.63, 3.8) is 0 Å². The van der Waals surface area contributed by atoms with Crippen LogP contribution in [0.3, 0.4) is 0 Å². The number of aryl methyl sites for hydroxylation is 2. The predicted octanol–water partition coefficient (Wildman–Crippen LogP) is 3.13. The van der Waals surface area contributed by atoms with Crippen molar-refractivity contribution >= 4 is 28.9 Å². The first kappa shape index (κ1) is 19.4. The Balaban J connectivity index is 1.42. The van der Waals surface area contributed by atoms with E-state index in [4.69, 9.17) is 16.6 Å². The van der Waals surface area contributed by atoms with Crippen LogP contribution in [0.25, 0.3) is 11.5 Å². The number of nitrogens with one attached hydrogen (secondary N) is 3. The van der Waals surface area contributed by atoms with E-state index in [2.05, 4.69) is 26.4 Å². The van der Waals surface area contributed by atoms with E-state index in [9.17, 15) is 9.18 Å². The number of halogens is 1. The highest BCUT2D eigenvalue weighted by Crippen LogP contribution is 2.18. The van der Waals surface area contributed by atoms with Gasteiger partial charge in [0.15, 0.2) is 5.11 Å². The molecular weight excluding hydrogens is 381 g/mol. The second-order valence-corrected chi connectivity index (χ2v) is 6.41. The summed E-state index contributed by atoms with van der Waals surface area (Å²) in [7, 11) is 0. The zero-order valence-electron chi connectivity index (χ0n) is 15.0. The Kier molecular flexibility index (Phi) is 6.28. The van der Waals surface area contributed by atoms with Crippen molar-refractivity contribution < 1.29 is 13.6 Å². The first-order valence-corrected chi connectivity index (χ1v) is 8.91. The van der Waals surface area contributed by atoms with Crippen molar-refractivity contribution in [3.05, 3.63) is 65.8 Å². The SMILES string of the molecule is Cc1ccc(-c2nnc(CCC(=O)NNC(=S)Nc3ccc(F)cc3)o2)cc1. The lowest BCUT2D eigenvalue weighted by Gasteiger charge is -2.11. The number of amides is 1. The summed E-state index contributed by atoms with van der Waals surface area (Å²) >= 11 is 5.06. The molecule has 9 heteroatoms. The molecule has 0 aliphatic heterocycles. The molecule has 1 aromatic heterocycles. The molecule has 0 spiro atoms. The van der Waals surface area contributed by atoms with E-state index in [0.717, 1.165) is 11.1 Å². The quantitative estimate of drug-likeness (QED) is 0.448. The number of thiocarbonyl (C=S) groups is 1. The van der Waals surface area contributed by atoms with Crippen molar-refractivity contribution in [2.24, 2.45) is 0 Å². The number of hydrogen-bond donors (Lipinski definition) is 3. The lowest BCUT2D eigenvalue weighted by atomic mass is 10.1. The number of hydrazine groups is 1. The fourth-order valence-electron chi connectivity index (χ4n) is 2.27. The Morgan fingerprint density at radius 1 is 1.07 bits per heavy atom. The van der Waals surface area contributed by atoms with Gasteiger partial charge in [0, 0.05) is 24.1 Å². The molecule has 0 aliphatic rings. The molecule has 0 radical (unpaired) electrons. The summed E-state index contributed by atoms with van der Waals surface area (Å²) in [4.78, 5) is 11.9. The van der Waals surface area contributed by atoms with Gasteiger partial charge >= 0.3 is 0 Å². The summed E-state index contributed by atoms with van der Waals surface area (Å²) in [6.07, 6.45) is 0.437. The number of anilines is 1. The molecule has 1 heterocycles. The summed E-state index contributed by atoms with van der Waals surface area (Å²) < 4.78 is 18.4. The van der Waals surface area contributed by atoms with Gasteiger partial charge in [-0.25, -0.2) is 4.39 Å². The minimum absolute atomic E-state index is 0.141. The molecule has 0 aliphatic carbocycles. The monoisotopic (exact) mass is 399 g/mol. The number of benzene rings is 2. The Bertz CT molecular complexity index is 957. The smallest absolute Gasteiger partial charge is 0.247 e. The van der Waals surface area contributed by atoms with Crippen molar-refractivity contribution in [1.82, 2.24) is 21.0 Å². The Hall–Kier alpha value is -3.33. The minimum Gasteiger partial charge on any atom is -0.421 e. The van der Waals surface area contributed by atoms with Crippen molar-refractivity contribution in [1.29, 1.82) is 0 Å². The van der Waals surface area contributed by atoms with E-state index in [0.29, 0.717) is 23.9 Å². The molecule has 0 saturated carbocycles. The van der Waals surface area contributed by atoms with E-state index in [1.165, 1.54) is 24.3 Å². The number of hydrogen-bond acceptors (Lipinski definition) is 5. The Labute approximate surface area is 166 Å². The van der Waals surface area contributed by atoms with Crippen molar-refractivity contribution in [2.75, 3.05) is 5.32 Å². The van der Waals surface area contributed by atoms with Crippen LogP contribution in [0, 0.1) is 12.7 Å². The zero-order valence-corrected chi connectivity index (χ0v) is 15.8. The summed E-state index contributed by atoms with van der Waals surface area (Å²) in [6.45, 7) is 2.00. The molecule has 3 aromatic rings. The Morgan fingerprint density at radius 3 is 2.50 bits per heavy atom. The highest BCUT2D eigenvalue weighted by Gasteiger charge is 2.10. The first-order chi connectivity index (χ1) is 13.5. The number of nitrogens with zero attached hydrogens (tertiary/aromatic N) is 2.